The summed E-state index contributed by atoms with van der Waals surface area (Å²) in [7, 11) is 0. The molecular weight excluding hydrogens is 179 g/mol. The van der Waals surface area contributed by atoms with Crippen molar-refractivity contribution >= 4 is 11.9 Å². The van der Waals surface area contributed by atoms with Gasteiger partial charge < -0.3 is 0 Å². The van der Waals surface area contributed by atoms with Gasteiger partial charge in [0.25, 0.3) is 0 Å². The minimum Gasteiger partial charge on any atom is -0.295 e. The number of ketones is 1. The standard InChI is InChI=1S/C12H13FO/c1-8(10(3)14)6-11-4-5-12(13)9(2)7-11/h4-7H,1-3H3/b8-6-. The van der Waals surface area contributed by atoms with Crippen molar-refractivity contribution in [3.63, 3.8) is 0 Å². The third-order valence-electron chi connectivity index (χ3n) is 2.12. The number of Topliss-reactive ketones (excluding diaryl/α,β-unsaturated/α-hetero) is 1. The molecular formula is C12H13FO. The van der Waals surface area contributed by atoms with Crippen LogP contribution in [0.25, 0.3) is 6.08 Å². The summed E-state index contributed by atoms with van der Waals surface area (Å²) in [4.78, 5) is 11.0. The number of halogens is 1. The molecule has 1 aromatic rings. The first-order valence-corrected chi connectivity index (χ1v) is 4.46. The third-order valence-corrected chi connectivity index (χ3v) is 2.12. The summed E-state index contributed by atoms with van der Waals surface area (Å²) in [6.45, 7) is 4.97. The van der Waals surface area contributed by atoms with Crippen molar-refractivity contribution in [1.29, 1.82) is 0 Å². The van der Waals surface area contributed by atoms with Crippen molar-refractivity contribution in [2.75, 3.05) is 0 Å². The fraction of sp³-hybridized carbons (Fsp3) is 0.250. The van der Waals surface area contributed by atoms with Crippen molar-refractivity contribution in [1.82, 2.24) is 0 Å². The Morgan fingerprint density at radius 1 is 1.36 bits per heavy atom. The maximum Gasteiger partial charge on any atom is 0.155 e. The highest BCUT2D eigenvalue weighted by Gasteiger charge is 1.99. The molecule has 2 heteroatoms. The second-order valence-electron chi connectivity index (χ2n) is 3.39. The summed E-state index contributed by atoms with van der Waals surface area (Å²) in [5.41, 5.74) is 2.13. The van der Waals surface area contributed by atoms with Crippen LogP contribution in [0.3, 0.4) is 0 Å². The molecule has 0 radical (unpaired) electrons. The maximum atomic E-state index is 12.9. The molecule has 1 aromatic carbocycles. The molecule has 0 atom stereocenters. The predicted octanol–water partition coefficient (Wildman–Crippen LogP) is 3.13. The van der Waals surface area contributed by atoms with Crippen molar-refractivity contribution in [3.8, 4) is 0 Å². The Kier molecular flexibility index (Phi) is 3.18. The van der Waals surface area contributed by atoms with Crippen LogP contribution in [0.2, 0.25) is 0 Å². The van der Waals surface area contributed by atoms with Gasteiger partial charge in [-0.2, -0.15) is 0 Å². The quantitative estimate of drug-likeness (QED) is 0.658. The third kappa shape index (κ3) is 2.52. The molecule has 0 N–H and O–H groups in total. The molecule has 0 aromatic heterocycles. The Balaban J connectivity index is 3.04. The summed E-state index contributed by atoms with van der Waals surface area (Å²) < 4.78 is 12.9. The molecule has 1 rings (SSSR count). The highest BCUT2D eigenvalue weighted by atomic mass is 19.1. The topological polar surface area (TPSA) is 17.1 Å². The zero-order chi connectivity index (χ0) is 10.7. The zero-order valence-electron chi connectivity index (χ0n) is 8.60. The fourth-order valence-corrected chi connectivity index (χ4v) is 1.11. The van der Waals surface area contributed by atoms with Crippen LogP contribution >= 0.6 is 0 Å². The lowest BCUT2D eigenvalue weighted by molar-refractivity contribution is -0.113. The number of hydrogen-bond acceptors (Lipinski definition) is 1. The van der Waals surface area contributed by atoms with E-state index in [4.69, 9.17) is 0 Å². The first kappa shape index (κ1) is 10.6. The Morgan fingerprint density at radius 2 is 2.00 bits per heavy atom. The molecule has 74 valence electrons. The average molecular weight is 192 g/mol. The number of hydrogen-bond donors (Lipinski definition) is 0. The first-order valence-electron chi connectivity index (χ1n) is 4.46. The van der Waals surface area contributed by atoms with Crippen LogP contribution in [-0.4, -0.2) is 5.78 Å². The molecule has 0 aliphatic carbocycles. The molecule has 0 aliphatic rings. The molecule has 0 bridgehead atoms. The summed E-state index contributed by atoms with van der Waals surface area (Å²) in [6.07, 6.45) is 1.76. The molecule has 0 heterocycles. The lowest BCUT2D eigenvalue weighted by Crippen LogP contribution is -1.91. The van der Waals surface area contributed by atoms with Crippen LogP contribution in [0.1, 0.15) is 25.0 Å². The van der Waals surface area contributed by atoms with Gasteiger partial charge in [0.05, 0.1) is 0 Å². The normalized spacial score (nSPS) is 11.6. The van der Waals surface area contributed by atoms with Crippen molar-refractivity contribution in [3.05, 3.63) is 40.7 Å². The summed E-state index contributed by atoms with van der Waals surface area (Å²) in [5, 5.41) is 0. The van der Waals surface area contributed by atoms with Crippen LogP contribution in [-0.2, 0) is 4.79 Å². The van der Waals surface area contributed by atoms with Crippen LogP contribution < -0.4 is 0 Å². The van der Waals surface area contributed by atoms with Gasteiger partial charge in [0.1, 0.15) is 5.82 Å². The minimum atomic E-state index is -0.220. The highest BCUT2D eigenvalue weighted by Crippen LogP contribution is 2.12. The van der Waals surface area contributed by atoms with Gasteiger partial charge in [-0.15, -0.1) is 0 Å². The van der Waals surface area contributed by atoms with Crippen LogP contribution in [0.4, 0.5) is 4.39 Å². The van der Waals surface area contributed by atoms with E-state index in [2.05, 4.69) is 0 Å². The molecule has 0 aliphatic heterocycles. The summed E-state index contributed by atoms with van der Waals surface area (Å²) in [6, 6.07) is 4.80. The van der Waals surface area contributed by atoms with E-state index < -0.39 is 0 Å². The van der Waals surface area contributed by atoms with Crippen molar-refractivity contribution < 1.29 is 9.18 Å². The highest BCUT2D eigenvalue weighted by molar-refractivity contribution is 5.97. The smallest absolute Gasteiger partial charge is 0.155 e. The monoisotopic (exact) mass is 192 g/mol. The van der Waals surface area contributed by atoms with E-state index in [0.29, 0.717) is 11.1 Å². The number of carbonyl (C=O) groups excluding carboxylic acids is 1. The van der Waals surface area contributed by atoms with E-state index in [0.717, 1.165) is 5.56 Å². The predicted molar refractivity (Wildman–Crippen MR) is 55.5 cm³/mol. The number of benzene rings is 1. The van der Waals surface area contributed by atoms with E-state index in [-0.39, 0.29) is 11.6 Å². The van der Waals surface area contributed by atoms with Crippen molar-refractivity contribution in [2.45, 2.75) is 20.8 Å². The lowest BCUT2D eigenvalue weighted by Gasteiger charge is -1.99. The Bertz CT molecular complexity index is 391. The van der Waals surface area contributed by atoms with Gasteiger partial charge in [0.2, 0.25) is 0 Å². The number of carbonyl (C=O) groups is 1. The molecule has 0 saturated carbocycles. The maximum absolute atomic E-state index is 12.9. The average Bonchev–Trinajstić information content (AvgIpc) is 2.11. The fourth-order valence-electron chi connectivity index (χ4n) is 1.11. The van der Waals surface area contributed by atoms with Gasteiger partial charge in [-0.1, -0.05) is 6.07 Å². The molecule has 14 heavy (non-hydrogen) atoms. The SMILES string of the molecule is CC(=O)/C(C)=C\c1ccc(F)c(C)c1. The number of rotatable bonds is 2. The largest absolute Gasteiger partial charge is 0.295 e. The second kappa shape index (κ2) is 4.18. The second-order valence-corrected chi connectivity index (χ2v) is 3.39. The molecule has 0 fully saturated rings. The van der Waals surface area contributed by atoms with E-state index in [1.807, 2.05) is 0 Å². The molecule has 0 spiro atoms. The van der Waals surface area contributed by atoms with E-state index in [1.165, 1.54) is 13.0 Å². The zero-order valence-corrected chi connectivity index (χ0v) is 8.60. The van der Waals surface area contributed by atoms with Gasteiger partial charge in [0.15, 0.2) is 5.78 Å². The van der Waals surface area contributed by atoms with Gasteiger partial charge in [-0.05, 0) is 55.7 Å². The lowest BCUT2D eigenvalue weighted by atomic mass is 10.1. The van der Waals surface area contributed by atoms with Gasteiger partial charge in [-0.25, -0.2) is 4.39 Å². The Hall–Kier alpha value is -1.44. The number of allylic oxidation sites excluding steroid dienone is 1. The van der Waals surface area contributed by atoms with Crippen LogP contribution in [0, 0.1) is 12.7 Å². The molecule has 0 saturated heterocycles. The Labute approximate surface area is 83.3 Å². The molecule has 0 unspecified atom stereocenters. The van der Waals surface area contributed by atoms with Crippen molar-refractivity contribution in [2.24, 2.45) is 0 Å². The van der Waals surface area contributed by atoms with Gasteiger partial charge >= 0.3 is 0 Å². The van der Waals surface area contributed by atoms with Gasteiger partial charge in [-0.3, -0.25) is 4.79 Å². The first-order chi connectivity index (χ1) is 6.50. The summed E-state index contributed by atoms with van der Waals surface area (Å²) in [5.74, 6) is -0.186. The molecule has 0 amide bonds. The van der Waals surface area contributed by atoms with E-state index in [9.17, 15) is 9.18 Å². The van der Waals surface area contributed by atoms with E-state index in [1.54, 1.807) is 32.1 Å². The van der Waals surface area contributed by atoms with E-state index >= 15 is 0 Å². The van der Waals surface area contributed by atoms with Gasteiger partial charge in [0, 0.05) is 0 Å². The molecule has 1 nitrogen and oxygen atoms in total. The van der Waals surface area contributed by atoms with Crippen LogP contribution in [0.15, 0.2) is 23.8 Å². The summed E-state index contributed by atoms with van der Waals surface area (Å²) >= 11 is 0. The number of aryl methyl sites for hydroxylation is 1. The minimum absolute atomic E-state index is 0.0342. The Morgan fingerprint density at radius 3 is 2.50 bits per heavy atom. The van der Waals surface area contributed by atoms with Crippen LogP contribution in [0.5, 0.6) is 0 Å².